The minimum absolute atomic E-state index is 0.176. The molecule has 4 heteroatoms. The summed E-state index contributed by atoms with van der Waals surface area (Å²) >= 11 is 0. The highest BCUT2D eigenvalue weighted by Crippen LogP contribution is 2.15. The summed E-state index contributed by atoms with van der Waals surface area (Å²) in [5, 5.41) is 0. The first kappa shape index (κ1) is 16.5. The third kappa shape index (κ3) is 6.06. The molecule has 0 heterocycles. The van der Waals surface area contributed by atoms with Crippen molar-refractivity contribution in [2.45, 2.75) is 32.6 Å². The molecule has 0 radical (unpaired) electrons. The number of rotatable bonds is 9. The molecule has 0 aliphatic carbocycles. The zero-order chi connectivity index (χ0) is 14.8. The zero-order valence-corrected chi connectivity index (χ0v) is 12.6. The predicted octanol–water partition coefficient (Wildman–Crippen LogP) is 2.35. The van der Waals surface area contributed by atoms with Gasteiger partial charge >= 0.3 is 0 Å². The highest BCUT2D eigenvalue weighted by molar-refractivity contribution is 5.75. The molecule has 1 rings (SSSR count). The molecule has 0 unspecified atom stereocenters. The summed E-state index contributed by atoms with van der Waals surface area (Å²) < 4.78 is 5.69. The molecular weight excluding hydrogens is 252 g/mol. The summed E-state index contributed by atoms with van der Waals surface area (Å²) in [6.45, 7) is 3.86. The Kier molecular flexibility index (Phi) is 7.73. The second-order valence-corrected chi connectivity index (χ2v) is 5.03. The van der Waals surface area contributed by atoms with Gasteiger partial charge in [-0.15, -0.1) is 0 Å². The van der Waals surface area contributed by atoms with E-state index in [9.17, 15) is 4.79 Å². The smallest absolute Gasteiger partial charge is 0.222 e. The fourth-order valence-electron chi connectivity index (χ4n) is 1.92. The molecule has 0 aliphatic rings. The lowest BCUT2D eigenvalue weighted by molar-refractivity contribution is -0.130. The standard InChI is InChI=1S/C16H26N2O2/c1-14-8-5-6-9-15(14)20-13-12-18(2)16(19)10-4-3-7-11-17/h5-6,8-9H,3-4,7,10-13,17H2,1-2H3. The van der Waals surface area contributed by atoms with Gasteiger partial charge in [0.1, 0.15) is 12.4 Å². The van der Waals surface area contributed by atoms with Crippen molar-refractivity contribution < 1.29 is 9.53 Å². The van der Waals surface area contributed by atoms with E-state index in [0.29, 0.717) is 26.1 Å². The highest BCUT2D eigenvalue weighted by Gasteiger charge is 2.08. The highest BCUT2D eigenvalue weighted by atomic mass is 16.5. The minimum Gasteiger partial charge on any atom is -0.491 e. The number of aryl methyl sites for hydroxylation is 1. The molecule has 0 aliphatic heterocycles. The largest absolute Gasteiger partial charge is 0.491 e. The van der Waals surface area contributed by atoms with Gasteiger partial charge in [0.25, 0.3) is 0 Å². The second-order valence-electron chi connectivity index (χ2n) is 5.03. The number of hydrogen-bond acceptors (Lipinski definition) is 3. The third-order valence-electron chi connectivity index (χ3n) is 3.30. The van der Waals surface area contributed by atoms with Gasteiger partial charge in [-0.25, -0.2) is 0 Å². The van der Waals surface area contributed by atoms with Crippen LogP contribution in [0.1, 0.15) is 31.2 Å². The lowest BCUT2D eigenvalue weighted by atomic mass is 10.2. The Morgan fingerprint density at radius 2 is 2.00 bits per heavy atom. The Balaban J connectivity index is 2.20. The number of ether oxygens (including phenoxy) is 1. The number of benzene rings is 1. The van der Waals surface area contributed by atoms with Gasteiger partial charge in [0, 0.05) is 13.5 Å². The first-order chi connectivity index (χ1) is 9.65. The monoisotopic (exact) mass is 278 g/mol. The average molecular weight is 278 g/mol. The number of carbonyl (C=O) groups excluding carboxylic acids is 1. The maximum atomic E-state index is 11.9. The number of amides is 1. The number of nitrogens with zero attached hydrogens (tertiary/aromatic N) is 1. The number of carbonyl (C=O) groups is 1. The van der Waals surface area contributed by atoms with Crippen LogP contribution in [0.5, 0.6) is 5.75 Å². The van der Waals surface area contributed by atoms with Crippen LogP contribution < -0.4 is 10.5 Å². The molecule has 1 aromatic carbocycles. The molecule has 0 saturated heterocycles. The summed E-state index contributed by atoms with van der Waals surface area (Å²) in [5.41, 5.74) is 6.54. The van der Waals surface area contributed by atoms with Crippen molar-refractivity contribution in [1.29, 1.82) is 0 Å². The van der Waals surface area contributed by atoms with Gasteiger partial charge < -0.3 is 15.4 Å². The second kappa shape index (κ2) is 9.37. The van der Waals surface area contributed by atoms with Crippen LogP contribution in [0.3, 0.4) is 0 Å². The van der Waals surface area contributed by atoms with Gasteiger partial charge in [-0.2, -0.15) is 0 Å². The van der Waals surface area contributed by atoms with Gasteiger partial charge in [-0.3, -0.25) is 4.79 Å². The van der Waals surface area contributed by atoms with Gasteiger partial charge in [-0.1, -0.05) is 24.6 Å². The first-order valence-electron chi connectivity index (χ1n) is 7.27. The van der Waals surface area contributed by atoms with Crippen LogP contribution in [0, 0.1) is 6.92 Å². The van der Waals surface area contributed by atoms with Crippen LogP contribution in [0.25, 0.3) is 0 Å². The third-order valence-corrected chi connectivity index (χ3v) is 3.30. The Bertz CT molecular complexity index is 407. The lowest BCUT2D eigenvalue weighted by Gasteiger charge is -2.18. The van der Waals surface area contributed by atoms with Crippen LogP contribution in [0.15, 0.2) is 24.3 Å². The van der Waals surface area contributed by atoms with Crippen molar-refractivity contribution in [1.82, 2.24) is 4.90 Å². The average Bonchev–Trinajstić information content (AvgIpc) is 2.45. The molecule has 112 valence electrons. The van der Waals surface area contributed by atoms with E-state index in [0.717, 1.165) is 30.6 Å². The molecule has 4 nitrogen and oxygen atoms in total. The molecule has 0 aromatic heterocycles. The van der Waals surface area contributed by atoms with E-state index in [1.165, 1.54) is 0 Å². The molecule has 1 aromatic rings. The number of nitrogens with two attached hydrogens (primary N) is 1. The Labute approximate surface area is 121 Å². The fourth-order valence-corrected chi connectivity index (χ4v) is 1.92. The maximum Gasteiger partial charge on any atom is 0.222 e. The van der Waals surface area contributed by atoms with Gasteiger partial charge in [0.15, 0.2) is 0 Å². The van der Waals surface area contributed by atoms with Crippen molar-refractivity contribution in [3.63, 3.8) is 0 Å². The molecule has 0 bridgehead atoms. The summed E-state index contributed by atoms with van der Waals surface area (Å²) in [7, 11) is 1.83. The van der Waals surface area contributed by atoms with Crippen LogP contribution in [-0.2, 0) is 4.79 Å². The van der Waals surface area contributed by atoms with Gasteiger partial charge in [-0.05, 0) is 37.9 Å². The normalized spacial score (nSPS) is 10.3. The van der Waals surface area contributed by atoms with Crippen molar-refractivity contribution in [3.8, 4) is 5.75 Å². The summed E-state index contributed by atoms with van der Waals surface area (Å²) in [6.07, 6.45) is 3.53. The molecule has 0 saturated carbocycles. The molecular formula is C16H26N2O2. The summed E-state index contributed by atoms with van der Waals surface area (Å²) in [6, 6.07) is 7.90. The van der Waals surface area contributed by atoms with Crippen LogP contribution in [0.2, 0.25) is 0 Å². The maximum absolute atomic E-state index is 11.9. The molecule has 2 N–H and O–H groups in total. The number of para-hydroxylation sites is 1. The molecule has 20 heavy (non-hydrogen) atoms. The van der Waals surface area contributed by atoms with E-state index in [1.807, 2.05) is 38.2 Å². The van der Waals surface area contributed by atoms with Crippen LogP contribution >= 0.6 is 0 Å². The Morgan fingerprint density at radius 3 is 2.70 bits per heavy atom. The van der Waals surface area contributed by atoms with Gasteiger partial charge in [0.2, 0.25) is 5.91 Å². The number of unbranched alkanes of at least 4 members (excludes halogenated alkanes) is 2. The quantitative estimate of drug-likeness (QED) is 0.705. The molecule has 1 amide bonds. The predicted molar refractivity (Wildman–Crippen MR) is 81.8 cm³/mol. The lowest BCUT2D eigenvalue weighted by Crippen LogP contribution is -2.30. The number of likely N-dealkylation sites (N-methyl/N-ethyl adjacent to an activating group) is 1. The summed E-state index contributed by atoms with van der Waals surface area (Å²) in [4.78, 5) is 13.6. The van der Waals surface area contributed by atoms with E-state index in [2.05, 4.69) is 0 Å². The Morgan fingerprint density at radius 1 is 1.25 bits per heavy atom. The number of hydrogen-bond donors (Lipinski definition) is 1. The van der Waals surface area contributed by atoms with E-state index in [4.69, 9.17) is 10.5 Å². The van der Waals surface area contributed by atoms with Crippen molar-refractivity contribution in [2.24, 2.45) is 5.73 Å². The van der Waals surface area contributed by atoms with Crippen LogP contribution in [0.4, 0.5) is 0 Å². The van der Waals surface area contributed by atoms with Crippen LogP contribution in [-0.4, -0.2) is 37.6 Å². The molecule has 0 spiro atoms. The molecule has 0 atom stereocenters. The first-order valence-corrected chi connectivity index (χ1v) is 7.27. The van der Waals surface area contributed by atoms with Crippen molar-refractivity contribution >= 4 is 5.91 Å². The SMILES string of the molecule is Cc1ccccc1OCCN(C)C(=O)CCCCCN. The Hall–Kier alpha value is -1.55. The van der Waals surface area contributed by atoms with Gasteiger partial charge in [0.05, 0.1) is 6.54 Å². The summed E-state index contributed by atoms with van der Waals surface area (Å²) in [5.74, 6) is 1.06. The van der Waals surface area contributed by atoms with Crippen molar-refractivity contribution in [2.75, 3.05) is 26.7 Å². The van der Waals surface area contributed by atoms with E-state index in [-0.39, 0.29) is 5.91 Å². The van der Waals surface area contributed by atoms with E-state index >= 15 is 0 Å². The fraction of sp³-hybridized carbons (Fsp3) is 0.562. The van der Waals surface area contributed by atoms with Crippen molar-refractivity contribution in [3.05, 3.63) is 29.8 Å². The topological polar surface area (TPSA) is 55.6 Å². The van der Waals surface area contributed by atoms with E-state index in [1.54, 1.807) is 4.90 Å². The zero-order valence-electron chi connectivity index (χ0n) is 12.6. The molecule has 0 fully saturated rings. The van der Waals surface area contributed by atoms with E-state index < -0.39 is 0 Å². The minimum atomic E-state index is 0.176.